The quantitative estimate of drug-likeness (QED) is 0.647. The Kier molecular flexibility index (Phi) is 4.69. The first-order valence-electron chi connectivity index (χ1n) is 6.99. The molecule has 4 heteroatoms. The number of thiophene rings is 1. The van der Waals surface area contributed by atoms with E-state index >= 15 is 0 Å². The van der Waals surface area contributed by atoms with E-state index in [1.165, 1.54) is 30.6 Å². The molecule has 1 aromatic heterocycles. The van der Waals surface area contributed by atoms with Crippen LogP contribution < -0.4 is 5.32 Å². The Labute approximate surface area is 137 Å². The third-order valence-corrected chi connectivity index (χ3v) is 6.15. The molecule has 3 rings (SSSR count). The van der Waals surface area contributed by atoms with Gasteiger partial charge in [-0.05, 0) is 64.3 Å². The molecule has 0 radical (unpaired) electrons. The summed E-state index contributed by atoms with van der Waals surface area (Å²) in [6.07, 6.45) is 5.35. The molecule has 0 aliphatic heterocycles. The minimum Gasteiger partial charge on any atom is -0.377 e. The van der Waals surface area contributed by atoms with Crippen LogP contribution in [0.15, 0.2) is 40.2 Å². The van der Waals surface area contributed by atoms with Crippen molar-refractivity contribution in [2.45, 2.75) is 31.7 Å². The van der Waals surface area contributed by atoms with Crippen molar-refractivity contribution in [2.75, 3.05) is 5.32 Å². The third kappa shape index (κ3) is 3.21. The van der Waals surface area contributed by atoms with Gasteiger partial charge in [0.2, 0.25) is 0 Å². The lowest BCUT2D eigenvalue weighted by molar-refractivity contribution is 0.475. The van der Waals surface area contributed by atoms with Crippen molar-refractivity contribution >= 4 is 44.6 Å². The first-order chi connectivity index (χ1) is 9.74. The van der Waals surface area contributed by atoms with Gasteiger partial charge in [-0.3, -0.25) is 0 Å². The molecule has 1 unspecified atom stereocenters. The predicted molar refractivity (Wildman–Crippen MR) is 91.8 cm³/mol. The van der Waals surface area contributed by atoms with Crippen molar-refractivity contribution in [3.63, 3.8) is 0 Å². The van der Waals surface area contributed by atoms with Crippen molar-refractivity contribution in [3.8, 4) is 0 Å². The SMILES string of the molecule is Clc1cc(NC(c2cccs2)C2CCCC2)ccc1Br. The number of rotatable bonds is 4. The number of benzene rings is 1. The van der Waals surface area contributed by atoms with Gasteiger partial charge in [-0.15, -0.1) is 11.3 Å². The van der Waals surface area contributed by atoms with Gasteiger partial charge in [-0.25, -0.2) is 0 Å². The molecular formula is C16H17BrClNS. The van der Waals surface area contributed by atoms with Crippen LogP contribution in [0.3, 0.4) is 0 Å². The molecule has 2 aromatic rings. The van der Waals surface area contributed by atoms with Crippen LogP contribution in [0.2, 0.25) is 5.02 Å². The van der Waals surface area contributed by atoms with Crippen LogP contribution in [0.25, 0.3) is 0 Å². The van der Waals surface area contributed by atoms with Crippen LogP contribution in [-0.2, 0) is 0 Å². The first kappa shape index (κ1) is 14.4. The molecule has 1 atom stereocenters. The minimum absolute atomic E-state index is 0.412. The molecule has 1 nitrogen and oxygen atoms in total. The number of hydrogen-bond donors (Lipinski definition) is 1. The molecule has 0 amide bonds. The Morgan fingerprint density at radius 1 is 1.25 bits per heavy atom. The Morgan fingerprint density at radius 3 is 2.70 bits per heavy atom. The molecule has 106 valence electrons. The summed E-state index contributed by atoms with van der Waals surface area (Å²) in [5.74, 6) is 0.732. The van der Waals surface area contributed by atoms with Gasteiger partial charge in [0.05, 0.1) is 11.1 Å². The van der Waals surface area contributed by atoms with Gasteiger partial charge < -0.3 is 5.32 Å². The van der Waals surface area contributed by atoms with E-state index in [-0.39, 0.29) is 0 Å². The van der Waals surface area contributed by atoms with E-state index in [0.717, 1.165) is 21.1 Å². The Morgan fingerprint density at radius 2 is 2.05 bits per heavy atom. The summed E-state index contributed by atoms with van der Waals surface area (Å²) in [6, 6.07) is 10.9. The average Bonchev–Trinajstić information content (AvgIpc) is 3.12. The number of anilines is 1. The molecule has 1 fully saturated rings. The molecule has 1 aromatic carbocycles. The van der Waals surface area contributed by atoms with Crippen molar-refractivity contribution in [1.82, 2.24) is 0 Å². The number of nitrogens with one attached hydrogen (secondary N) is 1. The standard InChI is InChI=1S/C16H17BrClNS/c17-13-8-7-12(10-14(13)18)19-16(11-4-1-2-5-11)15-6-3-9-20-15/h3,6-11,16,19H,1-2,4-5H2. The van der Waals surface area contributed by atoms with E-state index in [1.54, 1.807) is 0 Å². The zero-order valence-corrected chi connectivity index (χ0v) is 14.3. The van der Waals surface area contributed by atoms with Gasteiger partial charge >= 0.3 is 0 Å². The number of hydrogen-bond acceptors (Lipinski definition) is 2. The van der Waals surface area contributed by atoms with Gasteiger partial charge in [0, 0.05) is 15.0 Å². The molecule has 0 bridgehead atoms. The molecule has 0 saturated heterocycles. The molecule has 0 spiro atoms. The van der Waals surface area contributed by atoms with Gasteiger partial charge in [0.15, 0.2) is 0 Å². The highest BCUT2D eigenvalue weighted by Gasteiger charge is 2.27. The molecule has 20 heavy (non-hydrogen) atoms. The van der Waals surface area contributed by atoms with Crippen molar-refractivity contribution in [2.24, 2.45) is 5.92 Å². The maximum Gasteiger partial charge on any atom is 0.0634 e. The maximum atomic E-state index is 6.20. The smallest absolute Gasteiger partial charge is 0.0634 e. The largest absolute Gasteiger partial charge is 0.377 e. The lowest BCUT2D eigenvalue weighted by Gasteiger charge is -2.25. The third-order valence-electron chi connectivity index (χ3n) is 3.96. The Hall–Kier alpha value is -0.510. The molecular weight excluding hydrogens is 354 g/mol. The van der Waals surface area contributed by atoms with E-state index in [0.29, 0.717) is 6.04 Å². The molecule has 1 heterocycles. The van der Waals surface area contributed by atoms with Crippen LogP contribution in [0, 0.1) is 5.92 Å². The Bertz CT molecular complexity index is 564. The zero-order chi connectivity index (χ0) is 13.9. The summed E-state index contributed by atoms with van der Waals surface area (Å²) >= 11 is 11.5. The summed E-state index contributed by atoms with van der Waals surface area (Å²) in [5.41, 5.74) is 1.10. The van der Waals surface area contributed by atoms with E-state index < -0.39 is 0 Å². The molecule has 1 saturated carbocycles. The fraction of sp³-hybridized carbons (Fsp3) is 0.375. The van der Waals surface area contributed by atoms with Gasteiger partial charge in [0.25, 0.3) is 0 Å². The second-order valence-electron chi connectivity index (χ2n) is 5.31. The minimum atomic E-state index is 0.412. The first-order valence-corrected chi connectivity index (χ1v) is 9.04. The Balaban J connectivity index is 1.84. The maximum absolute atomic E-state index is 6.20. The summed E-state index contributed by atoms with van der Waals surface area (Å²) in [4.78, 5) is 1.43. The predicted octanol–water partition coefficient (Wildman–Crippen LogP) is 6.51. The van der Waals surface area contributed by atoms with Crippen LogP contribution in [0.5, 0.6) is 0 Å². The van der Waals surface area contributed by atoms with Crippen molar-refractivity contribution < 1.29 is 0 Å². The lowest BCUT2D eigenvalue weighted by atomic mass is 9.96. The van der Waals surface area contributed by atoms with E-state index in [1.807, 2.05) is 23.5 Å². The fourth-order valence-corrected chi connectivity index (χ4v) is 4.24. The van der Waals surface area contributed by atoms with Crippen molar-refractivity contribution in [3.05, 3.63) is 50.1 Å². The fourth-order valence-electron chi connectivity index (χ4n) is 2.95. The highest BCUT2D eigenvalue weighted by molar-refractivity contribution is 9.10. The second kappa shape index (κ2) is 6.50. The molecule has 1 N–H and O–H groups in total. The van der Waals surface area contributed by atoms with Crippen LogP contribution in [0.4, 0.5) is 5.69 Å². The van der Waals surface area contributed by atoms with Crippen LogP contribution in [-0.4, -0.2) is 0 Å². The molecule has 1 aliphatic carbocycles. The molecule has 1 aliphatic rings. The summed E-state index contributed by atoms with van der Waals surface area (Å²) in [5, 5.41) is 6.61. The van der Waals surface area contributed by atoms with Crippen LogP contribution >= 0.6 is 38.9 Å². The normalized spacial score (nSPS) is 17.3. The summed E-state index contributed by atoms with van der Waals surface area (Å²) in [7, 11) is 0. The monoisotopic (exact) mass is 369 g/mol. The van der Waals surface area contributed by atoms with E-state index in [4.69, 9.17) is 11.6 Å². The highest BCUT2D eigenvalue weighted by atomic mass is 79.9. The zero-order valence-electron chi connectivity index (χ0n) is 11.1. The highest BCUT2D eigenvalue weighted by Crippen LogP contribution is 2.40. The average molecular weight is 371 g/mol. The van der Waals surface area contributed by atoms with Gasteiger partial charge in [-0.1, -0.05) is 30.5 Å². The number of halogens is 2. The van der Waals surface area contributed by atoms with E-state index in [9.17, 15) is 0 Å². The second-order valence-corrected chi connectivity index (χ2v) is 7.55. The van der Waals surface area contributed by atoms with Crippen LogP contribution in [0.1, 0.15) is 36.6 Å². The van der Waals surface area contributed by atoms with Gasteiger partial charge in [-0.2, -0.15) is 0 Å². The van der Waals surface area contributed by atoms with E-state index in [2.05, 4.69) is 44.8 Å². The topological polar surface area (TPSA) is 12.0 Å². The lowest BCUT2D eigenvalue weighted by Crippen LogP contribution is -2.17. The van der Waals surface area contributed by atoms with Gasteiger partial charge in [0.1, 0.15) is 0 Å². The summed E-state index contributed by atoms with van der Waals surface area (Å²) in [6.45, 7) is 0. The summed E-state index contributed by atoms with van der Waals surface area (Å²) < 4.78 is 0.943. The van der Waals surface area contributed by atoms with Crippen molar-refractivity contribution in [1.29, 1.82) is 0 Å².